The van der Waals surface area contributed by atoms with Gasteiger partial charge in [-0.2, -0.15) is 0 Å². The summed E-state index contributed by atoms with van der Waals surface area (Å²) < 4.78 is 0. The molecule has 0 radical (unpaired) electrons. The van der Waals surface area contributed by atoms with Gasteiger partial charge in [-0.1, -0.05) is 20.8 Å². The van der Waals surface area contributed by atoms with Gasteiger partial charge in [-0.3, -0.25) is 4.79 Å². The molecule has 2 N–H and O–H groups in total. The minimum absolute atomic E-state index is 0.159. The summed E-state index contributed by atoms with van der Waals surface area (Å²) in [6, 6.07) is 1.71. The number of pyridine rings is 1. The maximum absolute atomic E-state index is 11.5. The van der Waals surface area contributed by atoms with Gasteiger partial charge in [0, 0.05) is 5.69 Å². The molecular weight excluding hydrogens is 194 g/mol. The van der Waals surface area contributed by atoms with Crippen LogP contribution in [0.25, 0.3) is 0 Å². The highest BCUT2D eigenvalue weighted by Gasteiger charge is 2.24. The average Bonchev–Trinajstić information content (AvgIpc) is 1.99. The first kappa shape index (κ1) is 11.5. The quantitative estimate of drug-likeness (QED) is 0.739. The van der Waals surface area contributed by atoms with Gasteiger partial charge in [0.2, 0.25) is 0 Å². The largest absolute Gasteiger partial charge is 0.477 e. The van der Waals surface area contributed by atoms with Crippen LogP contribution in [0.5, 0.6) is 0 Å². The molecule has 1 aromatic rings. The lowest BCUT2D eigenvalue weighted by molar-refractivity contribution is 0.0692. The van der Waals surface area contributed by atoms with Crippen molar-refractivity contribution >= 4 is 5.97 Å². The number of carboxylic acids is 1. The molecule has 0 aliphatic heterocycles. The van der Waals surface area contributed by atoms with Crippen molar-refractivity contribution < 1.29 is 9.90 Å². The lowest BCUT2D eigenvalue weighted by Gasteiger charge is -2.21. The third-order valence-electron chi connectivity index (χ3n) is 2.19. The van der Waals surface area contributed by atoms with Gasteiger partial charge in [0.1, 0.15) is 5.56 Å². The highest BCUT2D eigenvalue weighted by Crippen LogP contribution is 2.24. The Morgan fingerprint density at radius 3 is 2.33 bits per heavy atom. The molecule has 0 bridgehead atoms. The van der Waals surface area contributed by atoms with Gasteiger partial charge in [-0.15, -0.1) is 0 Å². The first-order chi connectivity index (χ1) is 6.73. The normalized spacial score (nSPS) is 11.5. The topological polar surface area (TPSA) is 70.2 Å². The van der Waals surface area contributed by atoms with E-state index >= 15 is 0 Å². The highest BCUT2D eigenvalue weighted by atomic mass is 16.4. The van der Waals surface area contributed by atoms with E-state index in [2.05, 4.69) is 4.98 Å². The zero-order valence-electron chi connectivity index (χ0n) is 9.34. The zero-order chi connectivity index (χ0) is 11.8. The Hall–Kier alpha value is -1.58. The van der Waals surface area contributed by atoms with Gasteiger partial charge in [0.15, 0.2) is 0 Å². The van der Waals surface area contributed by atoms with Crippen molar-refractivity contribution in [3.8, 4) is 0 Å². The van der Waals surface area contributed by atoms with Crippen molar-refractivity contribution in [2.24, 2.45) is 0 Å². The molecule has 0 aliphatic carbocycles. The molecule has 0 amide bonds. The van der Waals surface area contributed by atoms with Crippen LogP contribution < -0.4 is 5.56 Å². The molecule has 1 heterocycles. The number of aryl methyl sites for hydroxylation is 1. The Morgan fingerprint density at radius 2 is 1.93 bits per heavy atom. The molecule has 0 aliphatic rings. The van der Waals surface area contributed by atoms with E-state index in [1.54, 1.807) is 13.0 Å². The molecule has 82 valence electrons. The average molecular weight is 209 g/mol. The van der Waals surface area contributed by atoms with Crippen molar-refractivity contribution in [1.82, 2.24) is 4.98 Å². The number of hydrogen-bond acceptors (Lipinski definition) is 2. The first-order valence-electron chi connectivity index (χ1n) is 4.71. The smallest absolute Gasteiger partial charge is 0.341 e. The first-order valence-corrected chi connectivity index (χ1v) is 4.71. The van der Waals surface area contributed by atoms with E-state index < -0.39 is 11.5 Å². The van der Waals surface area contributed by atoms with Gasteiger partial charge < -0.3 is 10.1 Å². The fourth-order valence-corrected chi connectivity index (χ4v) is 1.49. The summed E-state index contributed by atoms with van der Waals surface area (Å²) in [5, 5.41) is 8.98. The highest BCUT2D eigenvalue weighted by molar-refractivity contribution is 5.89. The summed E-state index contributed by atoms with van der Waals surface area (Å²) in [6.07, 6.45) is 0. The lowest BCUT2D eigenvalue weighted by atomic mass is 9.84. The fraction of sp³-hybridized carbons (Fsp3) is 0.455. The van der Waals surface area contributed by atoms with Crippen LogP contribution in [0.3, 0.4) is 0 Å². The number of carboxylic acid groups (broad SMARTS) is 1. The number of carbonyl (C=O) groups is 1. The number of H-pyrrole nitrogens is 1. The van der Waals surface area contributed by atoms with Crippen molar-refractivity contribution in [3.63, 3.8) is 0 Å². The van der Waals surface area contributed by atoms with Gasteiger partial charge >= 0.3 is 5.97 Å². The lowest BCUT2D eigenvalue weighted by Crippen LogP contribution is -2.27. The standard InChI is InChI=1S/C11H15NO3/c1-6-5-7(11(2,3)4)8(10(14)15)9(13)12-6/h5H,1-4H3,(H,12,13)(H,14,15). The molecule has 0 saturated heterocycles. The molecular formula is C11H15NO3. The van der Waals surface area contributed by atoms with Crippen LogP contribution in [0, 0.1) is 6.92 Å². The van der Waals surface area contributed by atoms with Gasteiger partial charge in [-0.25, -0.2) is 4.79 Å². The minimum atomic E-state index is -1.18. The Balaban J connectivity index is 3.62. The van der Waals surface area contributed by atoms with E-state index in [1.165, 1.54) is 0 Å². The molecule has 1 aromatic heterocycles. The maximum atomic E-state index is 11.5. The van der Waals surface area contributed by atoms with Crippen LogP contribution in [0.4, 0.5) is 0 Å². The van der Waals surface area contributed by atoms with Crippen LogP contribution in [0.15, 0.2) is 10.9 Å². The minimum Gasteiger partial charge on any atom is -0.477 e. The molecule has 0 spiro atoms. The second kappa shape index (κ2) is 3.53. The summed E-state index contributed by atoms with van der Waals surface area (Å²) in [6.45, 7) is 7.39. The number of nitrogens with one attached hydrogen (secondary N) is 1. The Morgan fingerprint density at radius 1 is 1.40 bits per heavy atom. The maximum Gasteiger partial charge on any atom is 0.341 e. The predicted octanol–water partition coefficient (Wildman–Crippen LogP) is 1.68. The van der Waals surface area contributed by atoms with Crippen LogP contribution in [0.2, 0.25) is 0 Å². The Kier molecular flexibility index (Phi) is 2.71. The number of aromatic nitrogens is 1. The third kappa shape index (κ3) is 2.26. The SMILES string of the molecule is Cc1cc(C(C)(C)C)c(C(=O)O)c(=O)[nH]1. The molecule has 0 unspecified atom stereocenters. The van der Waals surface area contributed by atoms with Crippen molar-refractivity contribution in [2.45, 2.75) is 33.1 Å². The van der Waals surface area contributed by atoms with Crippen LogP contribution in [-0.2, 0) is 5.41 Å². The zero-order valence-corrected chi connectivity index (χ0v) is 9.34. The van der Waals surface area contributed by atoms with E-state index in [9.17, 15) is 9.59 Å². The monoisotopic (exact) mass is 209 g/mol. The van der Waals surface area contributed by atoms with Crippen molar-refractivity contribution in [2.75, 3.05) is 0 Å². The summed E-state index contributed by atoms with van der Waals surface area (Å²) in [7, 11) is 0. The summed E-state index contributed by atoms with van der Waals surface area (Å²) >= 11 is 0. The van der Waals surface area contributed by atoms with E-state index in [0.29, 0.717) is 11.3 Å². The van der Waals surface area contributed by atoms with Gasteiger partial charge in [0.25, 0.3) is 5.56 Å². The summed E-state index contributed by atoms with van der Waals surface area (Å²) in [5.74, 6) is -1.18. The number of rotatable bonds is 1. The van der Waals surface area contributed by atoms with Crippen molar-refractivity contribution in [1.29, 1.82) is 0 Å². The Labute approximate surface area is 88.0 Å². The second-order valence-corrected chi connectivity index (χ2v) is 4.63. The van der Waals surface area contributed by atoms with Crippen LogP contribution >= 0.6 is 0 Å². The molecule has 0 atom stereocenters. The summed E-state index contributed by atoms with van der Waals surface area (Å²) in [4.78, 5) is 25.0. The molecule has 1 rings (SSSR count). The van der Waals surface area contributed by atoms with E-state index in [1.807, 2.05) is 20.8 Å². The van der Waals surface area contributed by atoms with Gasteiger partial charge in [-0.05, 0) is 24.0 Å². The van der Waals surface area contributed by atoms with E-state index in [-0.39, 0.29) is 11.0 Å². The van der Waals surface area contributed by atoms with Crippen LogP contribution in [-0.4, -0.2) is 16.1 Å². The van der Waals surface area contributed by atoms with Crippen LogP contribution in [0.1, 0.15) is 42.4 Å². The Bertz CT molecular complexity index is 452. The predicted molar refractivity (Wildman–Crippen MR) is 57.5 cm³/mol. The molecule has 4 heteroatoms. The molecule has 0 saturated carbocycles. The number of aromatic carboxylic acids is 1. The molecule has 4 nitrogen and oxygen atoms in total. The molecule has 0 fully saturated rings. The van der Waals surface area contributed by atoms with Gasteiger partial charge in [0.05, 0.1) is 0 Å². The number of aromatic amines is 1. The molecule has 15 heavy (non-hydrogen) atoms. The second-order valence-electron chi connectivity index (χ2n) is 4.63. The molecule has 0 aromatic carbocycles. The number of hydrogen-bond donors (Lipinski definition) is 2. The fourth-order valence-electron chi connectivity index (χ4n) is 1.49. The summed E-state index contributed by atoms with van der Waals surface area (Å²) in [5.41, 5.74) is 0.193. The van der Waals surface area contributed by atoms with Crippen molar-refractivity contribution in [3.05, 3.63) is 33.2 Å². The van der Waals surface area contributed by atoms with E-state index in [0.717, 1.165) is 0 Å². The third-order valence-corrected chi connectivity index (χ3v) is 2.19. The van der Waals surface area contributed by atoms with E-state index in [4.69, 9.17) is 5.11 Å².